The van der Waals surface area contributed by atoms with Crippen molar-refractivity contribution in [3.05, 3.63) is 246 Å². The molecule has 3 aromatic heterocycles. The summed E-state index contributed by atoms with van der Waals surface area (Å²) in [5.41, 5.74) is 16.5. The molecule has 366 valence electrons. The Morgan fingerprint density at radius 1 is 0.316 bits per heavy atom. The van der Waals surface area contributed by atoms with Gasteiger partial charge < -0.3 is 9.13 Å². The van der Waals surface area contributed by atoms with E-state index in [9.17, 15) is 0 Å². The summed E-state index contributed by atoms with van der Waals surface area (Å²) < 4.78 is 50.3. The molecule has 0 atom stereocenters. The molecule has 0 unspecified atom stereocenters. The lowest BCUT2D eigenvalue weighted by Gasteiger charge is -2.21. The Labute approximate surface area is 437 Å². The van der Waals surface area contributed by atoms with Gasteiger partial charge in [0.15, 0.2) is 17.5 Å². The molecule has 10 aromatic carbocycles. The van der Waals surface area contributed by atoms with Crippen LogP contribution in [0.1, 0.15) is 27.8 Å². The van der Waals surface area contributed by atoms with Gasteiger partial charge >= 0.3 is 6.18 Å². The van der Waals surface area contributed by atoms with Crippen molar-refractivity contribution in [1.82, 2.24) is 24.1 Å². The van der Waals surface area contributed by atoms with Crippen LogP contribution in [0.2, 0.25) is 0 Å². The first-order valence-electron chi connectivity index (χ1n) is 25.4. The molecule has 76 heavy (non-hydrogen) atoms. The largest absolute Gasteiger partial charge is 0.416 e. The topological polar surface area (TPSA) is 48.5 Å². The molecule has 0 N–H and O–H groups in total. The number of fused-ring (bicyclic) bond motifs is 6. The summed E-state index contributed by atoms with van der Waals surface area (Å²) in [6, 6.07) is 72.0. The van der Waals surface area contributed by atoms with Crippen LogP contribution in [0.5, 0.6) is 0 Å². The zero-order chi connectivity index (χ0) is 51.8. The fraction of sp³-hybridized carbons (Fsp3) is 0.0735. The molecule has 3 heterocycles. The van der Waals surface area contributed by atoms with Crippen molar-refractivity contribution in [3.8, 4) is 78.9 Å². The first-order chi connectivity index (χ1) is 36.9. The lowest BCUT2D eigenvalue weighted by Crippen LogP contribution is -2.08. The maximum absolute atomic E-state index is 15.3. The van der Waals surface area contributed by atoms with Crippen molar-refractivity contribution in [1.29, 1.82) is 0 Å². The predicted octanol–water partition coefficient (Wildman–Crippen LogP) is 18.3. The van der Waals surface area contributed by atoms with Gasteiger partial charge in [0.25, 0.3) is 0 Å². The number of hydrogen-bond acceptors (Lipinski definition) is 3. The Balaban J connectivity index is 1.12. The number of aromatic nitrogens is 5. The lowest BCUT2D eigenvalue weighted by atomic mass is 9.96. The van der Waals surface area contributed by atoms with E-state index in [4.69, 9.17) is 15.0 Å². The third kappa shape index (κ3) is 8.01. The standard InChI is InChI=1S/C68H48F3N5/c1-41-23-29-51(43(3)35-41)47-25-32-61-56(37-47)53-19-11-13-21-59(53)75(61)62-34-27-49(67-73-65(45-15-7-5-8-16-45)72-66(74-67)46-17-9-6-10-18-46)39-58(62)55-31-28-50(68(69,70)71)40-64(55)76-60-22-14-12-20-54(60)57-38-48(26-33-63(57)76)52-30-24-42(2)36-44(52)4/h5-40H,1-4H3. The fourth-order valence-corrected chi connectivity index (χ4v) is 11.2. The Morgan fingerprint density at radius 2 is 0.750 bits per heavy atom. The van der Waals surface area contributed by atoms with Gasteiger partial charge in [0, 0.05) is 49.4 Å². The van der Waals surface area contributed by atoms with Gasteiger partial charge in [-0.05, 0) is 128 Å². The van der Waals surface area contributed by atoms with E-state index < -0.39 is 11.7 Å². The van der Waals surface area contributed by atoms with Crippen LogP contribution >= 0.6 is 0 Å². The van der Waals surface area contributed by atoms with Gasteiger partial charge in [0.1, 0.15) is 0 Å². The highest BCUT2D eigenvalue weighted by molar-refractivity contribution is 6.13. The van der Waals surface area contributed by atoms with Crippen LogP contribution in [0.15, 0.2) is 218 Å². The van der Waals surface area contributed by atoms with E-state index >= 15 is 13.2 Å². The van der Waals surface area contributed by atoms with E-state index in [1.165, 1.54) is 28.8 Å². The highest BCUT2D eigenvalue weighted by Gasteiger charge is 2.33. The maximum Gasteiger partial charge on any atom is 0.416 e. The van der Waals surface area contributed by atoms with Gasteiger partial charge in [-0.2, -0.15) is 13.2 Å². The van der Waals surface area contributed by atoms with Crippen molar-refractivity contribution in [2.24, 2.45) is 0 Å². The molecule has 0 fully saturated rings. The Bertz CT molecular complexity index is 4380. The van der Waals surface area contributed by atoms with Gasteiger partial charge in [0.2, 0.25) is 0 Å². The molecular formula is C68H48F3N5. The summed E-state index contributed by atoms with van der Waals surface area (Å²) in [6.45, 7) is 8.44. The summed E-state index contributed by atoms with van der Waals surface area (Å²) in [6.07, 6.45) is -4.64. The molecule has 0 amide bonds. The van der Waals surface area contributed by atoms with Gasteiger partial charge in [0.05, 0.1) is 39.0 Å². The summed E-state index contributed by atoms with van der Waals surface area (Å²) in [7, 11) is 0. The maximum atomic E-state index is 15.3. The number of aryl methyl sites for hydroxylation is 4. The minimum Gasteiger partial charge on any atom is -0.309 e. The van der Waals surface area contributed by atoms with Gasteiger partial charge in [-0.15, -0.1) is 0 Å². The van der Waals surface area contributed by atoms with Gasteiger partial charge in [-0.1, -0.05) is 163 Å². The molecule has 8 heteroatoms. The van der Waals surface area contributed by atoms with Crippen molar-refractivity contribution >= 4 is 43.6 Å². The van der Waals surface area contributed by atoms with Crippen molar-refractivity contribution in [2.75, 3.05) is 0 Å². The molecule has 0 saturated heterocycles. The first-order valence-corrected chi connectivity index (χ1v) is 25.4. The van der Waals surface area contributed by atoms with Crippen LogP contribution < -0.4 is 0 Å². The van der Waals surface area contributed by atoms with E-state index in [0.29, 0.717) is 39.9 Å². The van der Waals surface area contributed by atoms with Crippen LogP contribution in [-0.4, -0.2) is 24.1 Å². The molecule has 13 rings (SSSR count). The molecule has 13 aromatic rings. The van der Waals surface area contributed by atoms with Gasteiger partial charge in [-0.3, -0.25) is 0 Å². The molecule has 5 nitrogen and oxygen atoms in total. The molecule has 0 radical (unpaired) electrons. The molecule has 0 aliphatic carbocycles. The SMILES string of the molecule is Cc1ccc(-c2ccc3c(c2)c2ccccc2n3-c2ccc(-c3nc(-c4ccccc4)nc(-c4ccccc4)n3)cc2-c2ccc(C(F)(F)F)cc2-n2c3ccccc3c3cc(-c4ccc(C)cc4C)ccc32)c(C)c1. The summed E-state index contributed by atoms with van der Waals surface area (Å²) in [5.74, 6) is 1.42. The number of nitrogens with zero attached hydrogens (tertiary/aromatic N) is 5. The predicted molar refractivity (Wildman–Crippen MR) is 305 cm³/mol. The zero-order valence-electron chi connectivity index (χ0n) is 42.2. The van der Waals surface area contributed by atoms with Crippen molar-refractivity contribution < 1.29 is 13.2 Å². The summed E-state index contributed by atoms with van der Waals surface area (Å²) in [4.78, 5) is 15.3. The van der Waals surface area contributed by atoms with Crippen molar-refractivity contribution in [2.45, 2.75) is 33.9 Å². The molecule has 0 aliphatic rings. The quantitative estimate of drug-likeness (QED) is 0.152. The smallest absolute Gasteiger partial charge is 0.309 e. The van der Waals surface area contributed by atoms with Crippen molar-refractivity contribution in [3.63, 3.8) is 0 Å². The number of para-hydroxylation sites is 2. The molecule has 0 saturated carbocycles. The Morgan fingerprint density at radius 3 is 1.25 bits per heavy atom. The lowest BCUT2D eigenvalue weighted by molar-refractivity contribution is -0.137. The number of hydrogen-bond donors (Lipinski definition) is 0. The van der Waals surface area contributed by atoms with Crippen LogP contribution in [0, 0.1) is 27.7 Å². The highest BCUT2D eigenvalue weighted by Crippen LogP contribution is 2.45. The second-order valence-corrected chi connectivity index (χ2v) is 19.8. The fourth-order valence-electron chi connectivity index (χ4n) is 11.2. The summed E-state index contributed by atoms with van der Waals surface area (Å²) >= 11 is 0. The number of alkyl halides is 3. The normalized spacial score (nSPS) is 11.9. The van der Waals surface area contributed by atoms with E-state index in [1.54, 1.807) is 6.07 Å². The Kier molecular flexibility index (Phi) is 11.1. The second-order valence-electron chi connectivity index (χ2n) is 19.8. The Hall–Kier alpha value is -9.40. The van der Waals surface area contributed by atoms with E-state index in [1.807, 2.05) is 108 Å². The second kappa shape index (κ2) is 18.2. The van der Waals surface area contributed by atoms with Crippen LogP contribution in [0.25, 0.3) is 123 Å². The molecule has 0 aliphatic heterocycles. The minimum absolute atomic E-state index is 0.377. The average molecular weight is 992 g/mol. The zero-order valence-corrected chi connectivity index (χ0v) is 42.2. The summed E-state index contributed by atoms with van der Waals surface area (Å²) in [5, 5.41) is 3.96. The number of benzene rings is 10. The van der Waals surface area contributed by atoms with E-state index in [2.05, 4.69) is 129 Å². The van der Waals surface area contributed by atoms with Crippen LogP contribution in [-0.2, 0) is 6.18 Å². The monoisotopic (exact) mass is 991 g/mol. The van der Waals surface area contributed by atoms with E-state index in [-0.39, 0.29) is 0 Å². The molecule has 0 bridgehead atoms. The van der Waals surface area contributed by atoms with Gasteiger partial charge in [-0.25, -0.2) is 15.0 Å². The third-order valence-electron chi connectivity index (χ3n) is 14.8. The van der Waals surface area contributed by atoms with Crippen LogP contribution in [0.3, 0.4) is 0 Å². The molecular weight excluding hydrogens is 944 g/mol. The van der Waals surface area contributed by atoms with Crippen LogP contribution in [0.4, 0.5) is 13.2 Å². The number of halogens is 3. The first kappa shape index (κ1) is 46.4. The third-order valence-corrected chi connectivity index (χ3v) is 14.8. The molecule has 0 spiro atoms. The minimum atomic E-state index is -4.64. The average Bonchev–Trinajstić information content (AvgIpc) is 4.01. The number of rotatable bonds is 8. The highest BCUT2D eigenvalue weighted by atomic mass is 19.4. The van der Waals surface area contributed by atoms with E-state index in [0.717, 1.165) is 88.2 Å².